The molecule has 0 unspecified atom stereocenters. The van der Waals surface area contributed by atoms with E-state index in [1.165, 1.54) is 19.3 Å². The summed E-state index contributed by atoms with van der Waals surface area (Å²) in [6.45, 7) is 6.04. The lowest BCUT2D eigenvalue weighted by atomic mass is 9.89. The van der Waals surface area contributed by atoms with Gasteiger partial charge in [0, 0.05) is 37.3 Å². The van der Waals surface area contributed by atoms with Crippen LogP contribution >= 0.6 is 0 Å². The van der Waals surface area contributed by atoms with Crippen molar-refractivity contribution in [1.29, 1.82) is 0 Å². The topological polar surface area (TPSA) is 78.9 Å². The fourth-order valence-corrected chi connectivity index (χ4v) is 2.78. The molecule has 1 aromatic heterocycles. The summed E-state index contributed by atoms with van der Waals surface area (Å²) in [7, 11) is 0. The first-order chi connectivity index (χ1) is 10.7. The molecule has 1 amide bonds. The second-order valence-corrected chi connectivity index (χ2v) is 5.80. The molecule has 6 nitrogen and oxygen atoms in total. The predicted octanol–water partition coefficient (Wildman–Crippen LogP) is 2.33. The van der Waals surface area contributed by atoms with Gasteiger partial charge in [0.1, 0.15) is 5.82 Å². The van der Waals surface area contributed by atoms with Gasteiger partial charge < -0.3 is 16.0 Å². The lowest BCUT2D eigenvalue weighted by molar-refractivity contribution is -0.125. The minimum Gasteiger partial charge on any atom is -0.368 e. The van der Waals surface area contributed by atoms with E-state index in [1.54, 1.807) is 0 Å². The summed E-state index contributed by atoms with van der Waals surface area (Å²) in [5.74, 6) is 1.84. The lowest BCUT2D eigenvalue weighted by Crippen LogP contribution is -2.35. The van der Waals surface area contributed by atoms with Gasteiger partial charge in [0.25, 0.3) is 0 Å². The Morgan fingerprint density at radius 3 is 2.68 bits per heavy atom. The van der Waals surface area contributed by atoms with Crippen LogP contribution in [0.1, 0.15) is 44.7 Å². The van der Waals surface area contributed by atoms with Gasteiger partial charge in [0.15, 0.2) is 0 Å². The second-order valence-electron chi connectivity index (χ2n) is 5.80. The largest absolute Gasteiger partial charge is 0.368 e. The average Bonchev–Trinajstić information content (AvgIpc) is 2.52. The number of nitrogens with one attached hydrogen (secondary N) is 3. The van der Waals surface area contributed by atoms with Crippen molar-refractivity contribution < 1.29 is 4.79 Å². The maximum Gasteiger partial charge on any atom is 0.224 e. The average molecular weight is 305 g/mol. The Labute approximate surface area is 132 Å². The van der Waals surface area contributed by atoms with E-state index in [4.69, 9.17) is 0 Å². The first-order valence-corrected chi connectivity index (χ1v) is 8.30. The number of aromatic nitrogens is 2. The van der Waals surface area contributed by atoms with Crippen LogP contribution in [0.2, 0.25) is 0 Å². The molecule has 1 saturated carbocycles. The predicted molar refractivity (Wildman–Crippen MR) is 89.0 cm³/mol. The molecule has 1 fully saturated rings. The number of aryl methyl sites for hydroxylation is 1. The molecule has 0 spiro atoms. The second kappa shape index (κ2) is 8.56. The highest BCUT2D eigenvalue weighted by atomic mass is 16.1. The zero-order chi connectivity index (χ0) is 15.8. The van der Waals surface area contributed by atoms with E-state index in [9.17, 15) is 4.79 Å². The van der Waals surface area contributed by atoms with Gasteiger partial charge in [0.05, 0.1) is 0 Å². The monoisotopic (exact) mass is 305 g/mol. The minimum absolute atomic E-state index is 0.203. The third kappa shape index (κ3) is 5.16. The zero-order valence-corrected chi connectivity index (χ0v) is 13.6. The van der Waals surface area contributed by atoms with Crippen LogP contribution in [-0.2, 0) is 4.79 Å². The Bertz CT molecular complexity index is 485. The van der Waals surface area contributed by atoms with E-state index < -0.39 is 0 Å². The molecule has 22 heavy (non-hydrogen) atoms. The number of carbonyl (C=O) groups excluding carboxylic acids is 1. The van der Waals surface area contributed by atoms with Gasteiger partial charge in [-0.25, -0.2) is 4.98 Å². The standard InChI is InChI=1S/C16H27N5O/c1-3-17-16-20-12(2)11-14(21-16)18-9-10-19-15(22)13-7-5-4-6-8-13/h11,13H,3-10H2,1-2H3,(H,19,22)(H2,17,18,20,21). The number of nitrogens with zero attached hydrogens (tertiary/aromatic N) is 2. The maximum atomic E-state index is 12.0. The van der Waals surface area contributed by atoms with E-state index in [-0.39, 0.29) is 11.8 Å². The molecule has 6 heteroatoms. The fourth-order valence-electron chi connectivity index (χ4n) is 2.78. The Morgan fingerprint density at radius 1 is 1.18 bits per heavy atom. The molecule has 2 rings (SSSR count). The van der Waals surface area contributed by atoms with Gasteiger partial charge in [0.2, 0.25) is 11.9 Å². The smallest absolute Gasteiger partial charge is 0.224 e. The fraction of sp³-hybridized carbons (Fsp3) is 0.688. The Morgan fingerprint density at radius 2 is 1.95 bits per heavy atom. The van der Waals surface area contributed by atoms with E-state index in [1.807, 2.05) is 19.9 Å². The van der Waals surface area contributed by atoms with Crippen molar-refractivity contribution >= 4 is 17.7 Å². The molecule has 1 aromatic rings. The summed E-state index contributed by atoms with van der Waals surface area (Å²) in [5, 5.41) is 9.36. The van der Waals surface area contributed by atoms with Gasteiger partial charge >= 0.3 is 0 Å². The summed E-state index contributed by atoms with van der Waals surface area (Å²) in [6, 6.07) is 1.91. The van der Waals surface area contributed by atoms with E-state index in [0.29, 0.717) is 19.0 Å². The molecular formula is C16H27N5O. The van der Waals surface area contributed by atoms with Crippen LogP contribution in [0.4, 0.5) is 11.8 Å². The van der Waals surface area contributed by atoms with Crippen molar-refractivity contribution in [2.45, 2.75) is 46.0 Å². The van der Waals surface area contributed by atoms with Crippen LogP contribution in [0.15, 0.2) is 6.07 Å². The summed E-state index contributed by atoms with van der Waals surface area (Å²) in [6.07, 6.45) is 5.72. The molecule has 0 atom stereocenters. The molecule has 0 aromatic carbocycles. The number of amides is 1. The van der Waals surface area contributed by atoms with Crippen molar-refractivity contribution in [2.24, 2.45) is 5.92 Å². The lowest BCUT2D eigenvalue weighted by Gasteiger charge is -2.20. The highest BCUT2D eigenvalue weighted by Crippen LogP contribution is 2.23. The third-order valence-electron chi connectivity index (χ3n) is 3.90. The first kappa shape index (κ1) is 16.5. The van der Waals surface area contributed by atoms with Gasteiger partial charge in [-0.15, -0.1) is 0 Å². The van der Waals surface area contributed by atoms with Crippen LogP contribution in [-0.4, -0.2) is 35.5 Å². The van der Waals surface area contributed by atoms with Crippen molar-refractivity contribution in [3.63, 3.8) is 0 Å². The highest BCUT2D eigenvalue weighted by Gasteiger charge is 2.20. The Balaban J connectivity index is 1.72. The van der Waals surface area contributed by atoms with Crippen LogP contribution in [0.25, 0.3) is 0 Å². The summed E-state index contributed by atoms with van der Waals surface area (Å²) in [5.41, 5.74) is 0.916. The number of rotatable bonds is 7. The molecule has 3 N–H and O–H groups in total. The van der Waals surface area contributed by atoms with E-state index >= 15 is 0 Å². The van der Waals surface area contributed by atoms with Crippen molar-refractivity contribution in [3.8, 4) is 0 Å². The SMILES string of the molecule is CCNc1nc(C)cc(NCCNC(=O)C2CCCCC2)n1. The number of anilines is 2. The molecule has 0 saturated heterocycles. The Kier molecular flexibility index (Phi) is 6.43. The number of hydrogen-bond acceptors (Lipinski definition) is 5. The Hall–Kier alpha value is -1.85. The zero-order valence-electron chi connectivity index (χ0n) is 13.6. The summed E-state index contributed by atoms with van der Waals surface area (Å²) >= 11 is 0. The molecule has 1 aliphatic rings. The van der Waals surface area contributed by atoms with E-state index in [0.717, 1.165) is 30.9 Å². The molecule has 122 valence electrons. The van der Waals surface area contributed by atoms with Gasteiger partial charge in [-0.05, 0) is 26.7 Å². The first-order valence-electron chi connectivity index (χ1n) is 8.30. The van der Waals surface area contributed by atoms with Gasteiger partial charge in [-0.2, -0.15) is 4.98 Å². The molecule has 0 bridgehead atoms. The third-order valence-corrected chi connectivity index (χ3v) is 3.90. The van der Waals surface area contributed by atoms with Crippen LogP contribution in [0, 0.1) is 12.8 Å². The minimum atomic E-state index is 0.203. The quantitative estimate of drug-likeness (QED) is 0.674. The van der Waals surface area contributed by atoms with Crippen LogP contribution in [0.5, 0.6) is 0 Å². The van der Waals surface area contributed by atoms with Crippen molar-refractivity contribution in [1.82, 2.24) is 15.3 Å². The highest BCUT2D eigenvalue weighted by molar-refractivity contribution is 5.78. The van der Waals surface area contributed by atoms with Crippen molar-refractivity contribution in [3.05, 3.63) is 11.8 Å². The number of hydrogen-bond donors (Lipinski definition) is 3. The van der Waals surface area contributed by atoms with Crippen LogP contribution < -0.4 is 16.0 Å². The maximum absolute atomic E-state index is 12.0. The molecular weight excluding hydrogens is 278 g/mol. The van der Waals surface area contributed by atoms with Crippen molar-refractivity contribution in [2.75, 3.05) is 30.3 Å². The van der Waals surface area contributed by atoms with Gasteiger partial charge in [-0.3, -0.25) is 4.79 Å². The van der Waals surface area contributed by atoms with Crippen LogP contribution in [0.3, 0.4) is 0 Å². The summed E-state index contributed by atoms with van der Waals surface area (Å²) < 4.78 is 0. The molecule has 0 aliphatic heterocycles. The van der Waals surface area contributed by atoms with E-state index in [2.05, 4.69) is 25.9 Å². The number of carbonyl (C=O) groups is 1. The molecule has 0 radical (unpaired) electrons. The molecule has 1 heterocycles. The molecule has 1 aliphatic carbocycles. The summed E-state index contributed by atoms with van der Waals surface area (Å²) in [4.78, 5) is 20.7. The van der Waals surface area contributed by atoms with Gasteiger partial charge in [-0.1, -0.05) is 19.3 Å². The normalized spacial score (nSPS) is 15.4.